The normalized spacial score (nSPS) is 14.6. The summed E-state index contributed by atoms with van der Waals surface area (Å²) >= 11 is 13.6. The van der Waals surface area contributed by atoms with Crippen LogP contribution in [-0.2, 0) is 6.54 Å². The van der Waals surface area contributed by atoms with Crippen molar-refractivity contribution in [1.82, 2.24) is 5.32 Å². The van der Waals surface area contributed by atoms with Crippen LogP contribution in [0.4, 0.5) is 0 Å². The van der Waals surface area contributed by atoms with Gasteiger partial charge in [0.15, 0.2) is 0 Å². The molecule has 1 atom stereocenters. The Morgan fingerprint density at radius 3 is 2.76 bits per heavy atom. The van der Waals surface area contributed by atoms with E-state index in [1.54, 1.807) is 17.8 Å². The van der Waals surface area contributed by atoms with Gasteiger partial charge in [-0.1, -0.05) is 35.3 Å². The van der Waals surface area contributed by atoms with E-state index in [-0.39, 0.29) is 0 Å². The Balaban J connectivity index is 2.49. The maximum Gasteiger partial charge on any atom is 0.0833 e. The average molecular weight is 294 g/mol. The fourth-order valence-electron chi connectivity index (χ4n) is 1.51. The molecule has 1 unspecified atom stereocenters. The molecule has 0 fully saturated rings. The smallest absolute Gasteiger partial charge is 0.0833 e. The molecule has 1 aromatic rings. The number of hydrogen-bond acceptors (Lipinski definition) is 3. The lowest BCUT2D eigenvalue weighted by atomic mass is 10.1. The molecule has 0 aliphatic heterocycles. The molecule has 17 heavy (non-hydrogen) atoms. The van der Waals surface area contributed by atoms with Gasteiger partial charge in [0.05, 0.1) is 15.6 Å². The lowest BCUT2D eigenvalue weighted by Crippen LogP contribution is -2.39. The van der Waals surface area contributed by atoms with Crippen molar-refractivity contribution in [1.29, 1.82) is 0 Å². The van der Waals surface area contributed by atoms with Crippen LogP contribution in [0.15, 0.2) is 18.2 Å². The second-order valence-corrected chi connectivity index (χ2v) is 5.90. The van der Waals surface area contributed by atoms with Crippen LogP contribution in [0.2, 0.25) is 10.0 Å². The first-order chi connectivity index (χ1) is 7.96. The van der Waals surface area contributed by atoms with Crippen molar-refractivity contribution in [3.05, 3.63) is 33.8 Å². The van der Waals surface area contributed by atoms with Gasteiger partial charge < -0.3 is 10.4 Å². The molecule has 0 aliphatic rings. The van der Waals surface area contributed by atoms with E-state index in [4.69, 9.17) is 23.2 Å². The fourth-order valence-corrected chi connectivity index (χ4v) is 2.62. The number of benzene rings is 1. The van der Waals surface area contributed by atoms with Gasteiger partial charge in [0.25, 0.3) is 0 Å². The second-order valence-electron chi connectivity index (χ2n) is 4.25. The number of thioether (sulfide) groups is 1. The summed E-state index contributed by atoms with van der Waals surface area (Å²) in [6, 6.07) is 5.55. The van der Waals surface area contributed by atoms with Crippen LogP contribution >= 0.6 is 35.0 Å². The summed E-state index contributed by atoms with van der Waals surface area (Å²) in [6.45, 7) is 2.94. The van der Waals surface area contributed by atoms with Gasteiger partial charge in [-0.3, -0.25) is 0 Å². The quantitative estimate of drug-likeness (QED) is 0.845. The number of nitrogens with one attached hydrogen (secondary N) is 1. The monoisotopic (exact) mass is 293 g/mol. The second kappa shape index (κ2) is 6.86. The van der Waals surface area contributed by atoms with Crippen molar-refractivity contribution < 1.29 is 5.11 Å². The summed E-state index contributed by atoms with van der Waals surface area (Å²) in [5, 5.41) is 14.3. The van der Waals surface area contributed by atoms with E-state index in [1.165, 1.54) is 0 Å². The molecule has 0 radical (unpaired) electrons. The zero-order valence-electron chi connectivity index (χ0n) is 9.96. The molecule has 2 nitrogen and oxygen atoms in total. The van der Waals surface area contributed by atoms with E-state index >= 15 is 0 Å². The highest BCUT2D eigenvalue weighted by atomic mass is 35.5. The Hall–Kier alpha value is 0.0700. The number of aliphatic hydroxyl groups is 1. The first kappa shape index (κ1) is 15.1. The molecule has 2 N–H and O–H groups in total. The molecular formula is C12H17Cl2NOS. The van der Waals surface area contributed by atoms with Crippen LogP contribution in [0.25, 0.3) is 0 Å². The largest absolute Gasteiger partial charge is 0.388 e. The fraction of sp³-hybridized carbons (Fsp3) is 0.500. The van der Waals surface area contributed by atoms with Crippen LogP contribution in [0.3, 0.4) is 0 Å². The van der Waals surface area contributed by atoms with Crippen molar-refractivity contribution in [3.63, 3.8) is 0 Å². The van der Waals surface area contributed by atoms with Crippen molar-refractivity contribution in [2.75, 3.05) is 18.6 Å². The Labute approximate surface area is 117 Å². The van der Waals surface area contributed by atoms with Crippen molar-refractivity contribution in [2.45, 2.75) is 19.1 Å². The topological polar surface area (TPSA) is 32.3 Å². The molecule has 0 saturated heterocycles. The van der Waals surface area contributed by atoms with E-state index < -0.39 is 5.60 Å². The number of hydrogen-bond donors (Lipinski definition) is 2. The van der Waals surface area contributed by atoms with Crippen molar-refractivity contribution in [3.8, 4) is 0 Å². The zero-order valence-corrected chi connectivity index (χ0v) is 12.3. The van der Waals surface area contributed by atoms with E-state index in [2.05, 4.69) is 5.32 Å². The third kappa shape index (κ3) is 5.06. The van der Waals surface area contributed by atoms with Crippen LogP contribution in [0.5, 0.6) is 0 Å². The molecule has 0 bridgehead atoms. The van der Waals surface area contributed by atoms with E-state index in [1.807, 2.05) is 25.3 Å². The molecule has 96 valence electrons. The standard InChI is InChI=1S/C12H17Cl2NOS/c1-12(16,8-17-2)7-15-6-9-4-3-5-10(13)11(9)14/h3-5,15-16H,6-8H2,1-2H3. The summed E-state index contributed by atoms with van der Waals surface area (Å²) < 4.78 is 0. The summed E-state index contributed by atoms with van der Waals surface area (Å²) in [5.74, 6) is 0.698. The van der Waals surface area contributed by atoms with Gasteiger partial charge >= 0.3 is 0 Å². The highest BCUT2D eigenvalue weighted by Crippen LogP contribution is 2.25. The van der Waals surface area contributed by atoms with Gasteiger partial charge in [0, 0.05) is 18.8 Å². The Morgan fingerprint density at radius 1 is 1.41 bits per heavy atom. The molecule has 0 aliphatic carbocycles. The Bertz CT molecular complexity index is 372. The number of halogens is 2. The van der Waals surface area contributed by atoms with Crippen molar-refractivity contribution in [2.24, 2.45) is 0 Å². The maximum absolute atomic E-state index is 9.97. The lowest BCUT2D eigenvalue weighted by Gasteiger charge is -2.22. The summed E-state index contributed by atoms with van der Waals surface area (Å²) in [5.41, 5.74) is 0.240. The number of rotatable bonds is 6. The SMILES string of the molecule is CSCC(C)(O)CNCc1cccc(Cl)c1Cl. The molecule has 1 aromatic carbocycles. The molecule has 0 heterocycles. The predicted octanol–water partition coefficient (Wildman–Crippen LogP) is 3.20. The molecule has 1 rings (SSSR count). The Morgan fingerprint density at radius 2 is 2.12 bits per heavy atom. The van der Waals surface area contributed by atoms with E-state index in [0.29, 0.717) is 28.9 Å². The molecule has 0 amide bonds. The van der Waals surface area contributed by atoms with E-state index in [0.717, 1.165) is 5.56 Å². The van der Waals surface area contributed by atoms with Crippen LogP contribution < -0.4 is 5.32 Å². The molecule has 0 saturated carbocycles. The molecule has 0 aromatic heterocycles. The summed E-state index contributed by atoms with van der Waals surface area (Å²) in [4.78, 5) is 0. The molecular weight excluding hydrogens is 277 g/mol. The molecule has 0 spiro atoms. The highest BCUT2D eigenvalue weighted by molar-refractivity contribution is 7.98. The lowest BCUT2D eigenvalue weighted by molar-refractivity contribution is 0.0846. The van der Waals surface area contributed by atoms with Gasteiger partial charge in [0.2, 0.25) is 0 Å². The average Bonchev–Trinajstić information content (AvgIpc) is 2.24. The first-order valence-corrected chi connectivity index (χ1v) is 7.46. The minimum absolute atomic E-state index is 0.524. The third-order valence-corrected chi connectivity index (χ3v) is 4.08. The van der Waals surface area contributed by atoms with Crippen LogP contribution in [-0.4, -0.2) is 29.3 Å². The minimum atomic E-state index is -0.704. The predicted molar refractivity (Wildman–Crippen MR) is 77.2 cm³/mol. The first-order valence-electron chi connectivity index (χ1n) is 5.31. The highest BCUT2D eigenvalue weighted by Gasteiger charge is 2.18. The summed E-state index contributed by atoms with van der Waals surface area (Å²) in [6.07, 6.45) is 1.97. The van der Waals surface area contributed by atoms with Crippen LogP contribution in [0, 0.1) is 0 Å². The van der Waals surface area contributed by atoms with Gasteiger partial charge in [-0.15, -0.1) is 0 Å². The zero-order chi connectivity index (χ0) is 12.9. The minimum Gasteiger partial charge on any atom is -0.388 e. The van der Waals surface area contributed by atoms with Crippen LogP contribution in [0.1, 0.15) is 12.5 Å². The van der Waals surface area contributed by atoms with Gasteiger partial charge in [-0.25, -0.2) is 0 Å². The summed E-state index contributed by atoms with van der Waals surface area (Å²) in [7, 11) is 0. The van der Waals surface area contributed by atoms with Gasteiger partial charge in [-0.05, 0) is 24.8 Å². The van der Waals surface area contributed by atoms with Gasteiger partial charge in [-0.2, -0.15) is 11.8 Å². The van der Waals surface area contributed by atoms with E-state index in [9.17, 15) is 5.11 Å². The third-order valence-electron chi connectivity index (χ3n) is 2.31. The van der Waals surface area contributed by atoms with Gasteiger partial charge in [0.1, 0.15) is 0 Å². The van der Waals surface area contributed by atoms with Crippen molar-refractivity contribution >= 4 is 35.0 Å². The Kier molecular flexibility index (Phi) is 6.10. The maximum atomic E-state index is 9.97. The molecule has 5 heteroatoms.